The largest absolute Gasteiger partial charge is 0.480 e. The molecule has 0 radical (unpaired) electrons. The lowest BCUT2D eigenvalue weighted by Crippen LogP contribution is -2.46. The minimum atomic E-state index is -3.13. The highest BCUT2D eigenvalue weighted by Gasteiger charge is 2.53. The molecule has 7 N–H and O–H groups in total. The van der Waals surface area contributed by atoms with Crippen LogP contribution >= 0.6 is 16.5 Å². The molecule has 0 unspecified atom stereocenters. The summed E-state index contributed by atoms with van der Waals surface area (Å²) in [5, 5.41) is 25.6. The number of aliphatic carboxylic acids is 3. The van der Waals surface area contributed by atoms with Crippen molar-refractivity contribution in [2.24, 2.45) is 5.41 Å². The topological polar surface area (TPSA) is 227 Å². The maximum Gasteiger partial charge on any atom is 0.332 e. The van der Waals surface area contributed by atoms with E-state index < -0.39 is 46.3 Å². The van der Waals surface area contributed by atoms with Crippen LogP contribution < -0.4 is 0 Å². The van der Waals surface area contributed by atoms with E-state index in [1.54, 1.807) is 0 Å². The molecule has 0 spiro atoms. The lowest BCUT2D eigenvalue weighted by atomic mass is 9.83. The molecule has 0 saturated heterocycles. The summed E-state index contributed by atoms with van der Waals surface area (Å²) >= 11 is 0. The van der Waals surface area contributed by atoms with E-state index in [2.05, 4.69) is 0 Å². The predicted octanol–water partition coefficient (Wildman–Crippen LogP) is -1.25. The van der Waals surface area contributed by atoms with Crippen molar-refractivity contribution in [1.82, 2.24) is 0 Å². The van der Waals surface area contributed by atoms with Gasteiger partial charge in [-0.3, -0.25) is 23.5 Å². The van der Waals surface area contributed by atoms with E-state index in [-0.39, 0.29) is 6.42 Å². The van der Waals surface area contributed by atoms with Gasteiger partial charge >= 0.3 is 34.4 Å². The molecular weight excluding hydrogens is 338 g/mol. The zero-order valence-electron chi connectivity index (χ0n) is 10.6. The van der Waals surface area contributed by atoms with Gasteiger partial charge in [-0.05, 0) is 6.42 Å². The van der Waals surface area contributed by atoms with Crippen molar-refractivity contribution in [1.29, 1.82) is 0 Å². The van der Waals surface area contributed by atoms with Crippen molar-refractivity contribution in [2.75, 3.05) is 0 Å². The number of carbonyl (C=O) groups is 3. The van der Waals surface area contributed by atoms with E-state index >= 15 is 0 Å². The van der Waals surface area contributed by atoms with Crippen LogP contribution in [0.4, 0.5) is 0 Å². The monoisotopic (exact) mass is 354 g/mol. The maximum atomic E-state index is 10.5. The van der Waals surface area contributed by atoms with Crippen molar-refractivity contribution < 1.29 is 58.4 Å². The summed E-state index contributed by atoms with van der Waals surface area (Å²) in [4.78, 5) is 60.2. The lowest BCUT2D eigenvalue weighted by Gasteiger charge is -2.18. The van der Waals surface area contributed by atoms with Crippen LogP contribution in [-0.2, 0) is 23.5 Å². The quantitative estimate of drug-likeness (QED) is 0.227. The molecule has 0 fully saturated rings. The standard InChI is InChI=1S/C7H10O6.2H3O3P/c1-2-3-7(4(8)9,5(10)11)6(12)13;2*1-4(2)3/h2-3H2,1H3,(H,8,9)(H,10,11)(H,12,13);2*4H,(H2,1,2,3). The summed E-state index contributed by atoms with van der Waals surface area (Å²) in [6.07, 6.45) is -0.252. The van der Waals surface area contributed by atoms with Crippen LogP contribution in [0.1, 0.15) is 19.8 Å². The molecule has 126 valence electrons. The Hall–Kier alpha value is -1.29. The van der Waals surface area contributed by atoms with Gasteiger partial charge in [-0.1, -0.05) is 13.3 Å². The first-order chi connectivity index (χ1) is 9.35. The summed E-state index contributed by atoms with van der Waals surface area (Å²) in [5.74, 6) is -5.52. The van der Waals surface area contributed by atoms with Crippen molar-refractivity contribution in [3.63, 3.8) is 0 Å². The second kappa shape index (κ2) is 12.5. The van der Waals surface area contributed by atoms with Crippen molar-refractivity contribution >= 4 is 34.4 Å². The highest BCUT2D eigenvalue weighted by atomic mass is 31.1. The minimum Gasteiger partial charge on any atom is -0.480 e. The molecule has 21 heavy (non-hydrogen) atoms. The Morgan fingerprint density at radius 1 is 0.810 bits per heavy atom. The summed E-state index contributed by atoms with van der Waals surface area (Å²) in [6.45, 7) is 1.52. The minimum absolute atomic E-state index is 0.172. The van der Waals surface area contributed by atoms with E-state index in [1.165, 1.54) is 6.92 Å². The van der Waals surface area contributed by atoms with E-state index in [0.29, 0.717) is 0 Å². The Morgan fingerprint density at radius 3 is 1.05 bits per heavy atom. The SMILES string of the molecule is CCCC(C(=O)O)(C(=O)O)C(=O)O.O=[PH](O)O.O=[PH](O)O. The molecule has 0 atom stereocenters. The van der Waals surface area contributed by atoms with Crippen LogP contribution in [0.3, 0.4) is 0 Å². The zero-order valence-corrected chi connectivity index (χ0v) is 12.6. The normalized spacial score (nSPS) is 10.0. The number of carboxylic acid groups (broad SMARTS) is 3. The van der Waals surface area contributed by atoms with Crippen LogP contribution in [0.25, 0.3) is 0 Å². The summed E-state index contributed by atoms with van der Waals surface area (Å²) < 4.78 is 17.5. The highest BCUT2D eigenvalue weighted by Crippen LogP contribution is 2.25. The van der Waals surface area contributed by atoms with Gasteiger partial charge in [-0.25, -0.2) is 0 Å². The average Bonchev–Trinajstić information content (AvgIpc) is 2.22. The number of rotatable bonds is 5. The third kappa shape index (κ3) is 12.2. The lowest BCUT2D eigenvalue weighted by molar-refractivity contribution is -0.176. The molecule has 0 saturated carbocycles. The fourth-order valence-corrected chi connectivity index (χ4v) is 0.970. The number of carboxylic acids is 3. The van der Waals surface area contributed by atoms with E-state index in [0.717, 1.165) is 0 Å². The molecule has 0 bridgehead atoms. The summed E-state index contributed by atoms with van der Waals surface area (Å²) in [7, 11) is -6.26. The molecule has 0 aromatic heterocycles. The molecule has 14 heteroatoms. The Bertz CT molecular complexity index is 348. The fourth-order valence-electron chi connectivity index (χ4n) is 0.970. The Labute approximate surface area is 119 Å². The van der Waals surface area contributed by atoms with Crippen molar-refractivity contribution in [3.05, 3.63) is 0 Å². The van der Waals surface area contributed by atoms with Gasteiger partial charge in [-0.15, -0.1) is 0 Å². The maximum absolute atomic E-state index is 10.5. The first-order valence-electron chi connectivity index (χ1n) is 4.90. The zero-order chi connectivity index (χ0) is 17.8. The third-order valence-corrected chi connectivity index (χ3v) is 1.72. The van der Waals surface area contributed by atoms with Crippen LogP contribution in [0.5, 0.6) is 0 Å². The fraction of sp³-hybridized carbons (Fsp3) is 0.571. The predicted molar refractivity (Wildman–Crippen MR) is 67.1 cm³/mol. The van der Waals surface area contributed by atoms with Crippen molar-refractivity contribution in [3.8, 4) is 0 Å². The Morgan fingerprint density at radius 2 is 1.00 bits per heavy atom. The van der Waals surface area contributed by atoms with Crippen LogP contribution in [0, 0.1) is 5.41 Å². The first kappa shape index (κ1) is 24.7. The smallest absolute Gasteiger partial charge is 0.332 e. The van der Waals surface area contributed by atoms with Gasteiger partial charge in [0.2, 0.25) is 0 Å². The molecule has 0 aliphatic rings. The van der Waals surface area contributed by atoms with Gasteiger partial charge in [-0.2, -0.15) is 0 Å². The van der Waals surface area contributed by atoms with Gasteiger partial charge in [0.05, 0.1) is 0 Å². The molecule has 0 rings (SSSR count). The highest BCUT2D eigenvalue weighted by molar-refractivity contribution is 7.31. The summed E-state index contributed by atoms with van der Waals surface area (Å²) in [6, 6.07) is 0. The molecule has 0 aliphatic carbocycles. The van der Waals surface area contributed by atoms with Gasteiger partial charge < -0.3 is 34.9 Å². The molecule has 0 amide bonds. The van der Waals surface area contributed by atoms with E-state index in [1.807, 2.05) is 0 Å². The Balaban J connectivity index is -0.000000334. The van der Waals surface area contributed by atoms with Gasteiger partial charge in [0.15, 0.2) is 0 Å². The van der Waals surface area contributed by atoms with Crippen LogP contribution in [-0.4, -0.2) is 52.8 Å². The molecular formula is C7H16O12P2. The molecule has 0 aromatic carbocycles. The van der Waals surface area contributed by atoms with Gasteiger partial charge in [0.25, 0.3) is 5.41 Å². The van der Waals surface area contributed by atoms with Crippen LogP contribution in [0.2, 0.25) is 0 Å². The van der Waals surface area contributed by atoms with E-state index in [9.17, 15) is 14.4 Å². The summed E-state index contributed by atoms with van der Waals surface area (Å²) in [5.41, 5.74) is -2.70. The number of hydrogen-bond donors (Lipinski definition) is 7. The Kier molecular flexibility index (Phi) is 14.7. The second-order valence-corrected chi connectivity index (χ2v) is 4.27. The molecule has 0 aliphatic heterocycles. The van der Waals surface area contributed by atoms with Gasteiger partial charge in [0.1, 0.15) is 0 Å². The first-order valence-corrected chi connectivity index (χ1v) is 7.50. The second-order valence-electron chi connectivity index (χ2n) is 3.14. The third-order valence-electron chi connectivity index (χ3n) is 1.72. The average molecular weight is 354 g/mol. The van der Waals surface area contributed by atoms with E-state index in [4.69, 9.17) is 44.0 Å². The molecule has 0 aromatic rings. The van der Waals surface area contributed by atoms with Crippen molar-refractivity contribution in [2.45, 2.75) is 19.8 Å². The molecule has 0 heterocycles. The number of hydrogen-bond acceptors (Lipinski definition) is 5. The molecule has 12 nitrogen and oxygen atoms in total. The van der Waals surface area contributed by atoms with Gasteiger partial charge in [0, 0.05) is 0 Å². The van der Waals surface area contributed by atoms with Crippen LogP contribution in [0.15, 0.2) is 0 Å².